The van der Waals surface area contributed by atoms with E-state index in [1.54, 1.807) is 36.4 Å². The lowest BCUT2D eigenvalue weighted by atomic mass is 10.1. The van der Waals surface area contributed by atoms with Crippen LogP contribution >= 0.6 is 0 Å². The van der Waals surface area contributed by atoms with E-state index in [9.17, 15) is 13.2 Å². The van der Waals surface area contributed by atoms with Gasteiger partial charge in [-0.15, -0.1) is 0 Å². The van der Waals surface area contributed by atoms with Crippen LogP contribution in [0, 0.1) is 0 Å². The van der Waals surface area contributed by atoms with Crippen molar-refractivity contribution in [3.8, 4) is 5.75 Å². The average Bonchev–Trinajstić information content (AvgIpc) is 3.41. The van der Waals surface area contributed by atoms with Crippen LogP contribution in [-0.2, 0) is 21.2 Å². The van der Waals surface area contributed by atoms with Gasteiger partial charge in [-0.1, -0.05) is 30.3 Å². The first kappa shape index (κ1) is 18.3. The molecule has 0 spiro atoms. The standard InChI is InChI=1S/C19H22N2O4S/c22-19(20-16-10-11-16)14-15-6-8-17(9-7-15)21-26(23,24)13-12-25-18-4-2-1-3-5-18/h1-9,16,21H,10-14H2,(H,20,22). The molecule has 1 aliphatic rings. The fourth-order valence-electron chi connectivity index (χ4n) is 2.40. The molecule has 1 saturated carbocycles. The molecule has 2 N–H and O–H groups in total. The summed E-state index contributed by atoms with van der Waals surface area (Å²) >= 11 is 0. The molecule has 138 valence electrons. The molecule has 0 radical (unpaired) electrons. The van der Waals surface area contributed by atoms with Crippen molar-refractivity contribution in [2.45, 2.75) is 25.3 Å². The summed E-state index contributed by atoms with van der Waals surface area (Å²) in [6.07, 6.45) is 2.41. The highest BCUT2D eigenvalue weighted by molar-refractivity contribution is 7.92. The molecule has 1 fully saturated rings. The van der Waals surface area contributed by atoms with Crippen LogP contribution in [0.3, 0.4) is 0 Å². The Bertz CT molecular complexity index is 832. The first-order valence-electron chi connectivity index (χ1n) is 8.57. The Kier molecular flexibility index (Phi) is 5.78. The van der Waals surface area contributed by atoms with Crippen LogP contribution in [0.25, 0.3) is 0 Å². The molecule has 0 aliphatic heterocycles. The molecule has 26 heavy (non-hydrogen) atoms. The van der Waals surface area contributed by atoms with Crippen LogP contribution < -0.4 is 14.8 Å². The maximum absolute atomic E-state index is 12.1. The van der Waals surface area contributed by atoms with Gasteiger partial charge >= 0.3 is 0 Å². The number of anilines is 1. The number of carbonyl (C=O) groups excluding carboxylic acids is 1. The number of hydrogen-bond acceptors (Lipinski definition) is 4. The van der Waals surface area contributed by atoms with E-state index in [0.29, 0.717) is 23.9 Å². The largest absolute Gasteiger partial charge is 0.492 e. The number of benzene rings is 2. The Labute approximate surface area is 153 Å². The molecule has 1 amide bonds. The van der Waals surface area contributed by atoms with Crippen molar-refractivity contribution in [3.05, 3.63) is 60.2 Å². The number of carbonyl (C=O) groups is 1. The number of hydrogen-bond donors (Lipinski definition) is 2. The van der Waals surface area contributed by atoms with Crippen LogP contribution in [0.4, 0.5) is 5.69 Å². The second-order valence-electron chi connectivity index (χ2n) is 6.30. The van der Waals surface area contributed by atoms with Crippen molar-refractivity contribution in [2.24, 2.45) is 0 Å². The first-order valence-corrected chi connectivity index (χ1v) is 10.2. The summed E-state index contributed by atoms with van der Waals surface area (Å²) in [7, 11) is -3.50. The number of ether oxygens (including phenoxy) is 1. The van der Waals surface area contributed by atoms with E-state index in [1.165, 1.54) is 0 Å². The molecule has 0 aromatic heterocycles. The van der Waals surface area contributed by atoms with Crippen molar-refractivity contribution in [2.75, 3.05) is 17.1 Å². The third kappa shape index (κ3) is 6.07. The number of nitrogens with one attached hydrogen (secondary N) is 2. The summed E-state index contributed by atoms with van der Waals surface area (Å²) in [5, 5.41) is 2.93. The van der Waals surface area contributed by atoms with Crippen molar-refractivity contribution in [3.63, 3.8) is 0 Å². The summed E-state index contributed by atoms with van der Waals surface area (Å²) in [5.41, 5.74) is 1.31. The fraction of sp³-hybridized carbons (Fsp3) is 0.316. The monoisotopic (exact) mass is 374 g/mol. The van der Waals surface area contributed by atoms with E-state index in [-0.39, 0.29) is 18.3 Å². The minimum Gasteiger partial charge on any atom is -0.492 e. The number of amides is 1. The Morgan fingerprint density at radius 1 is 1.04 bits per heavy atom. The molecule has 0 unspecified atom stereocenters. The molecular weight excluding hydrogens is 352 g/mol. The third-order valence-electron chi connectivity index (χ3n) is 3.90. The zero-order valence-electron chi connectivity index (χ0n) is 14.4. The third-order valence-corrected chi connectivity index (χ3v) is 5.15. The summed E-state index contributed by atoms with van der Waals surface area (Å²) in [6, 6.07) is 16.2. The first-order chi connectivity index (χ1) is 12.5. The minimum absolute atomic E-state index is 0.00103. The van der Waals surface area contributed by atoms with Crippen LogP contribution in [0.2, 0.25) is 0 Å². The molecule has 3 rings (SSSR count). The van der Waals surface area contributed by atoms with E-state index in [4.69, 9.17) is 4.74 Å². The van der Waals surface area contributed by atoms with Gasteiger partial charge in [-0.3, -0.25) is 9.52 Å². The van der Waals surface area contributed by atoms with E-state index in [1.807, 2.05) is 18.2 Å². The number of rotatable bonds is 9. The topological polar surface area (TPSA) is 84.5 Å². The van der Waals surface area contributed by atoms with Crippen LogP contribution in [0.1, 0.15) is 18.4 Å². The Morgan fingerprint density at radius 2 is 1.73 bits per heavy atom. The number of para-hydroxylation sites is 1. The molecule has 7 heteroatoms. The van der Waals surface area contributed by atoms with Gasteiger partial charge in [0.1, 0.15) is 18.1 Å². The highest BCUT2D eigenvalue weighted by Gasteiger charge is 2.23. The molecule has 6 nitrogen and oxygen atoms in total. The van der Waals surface area contributed by atoms with Gasteiger partial charge < -0.3 is 10.1 Å². The van der Waals surface area contributed by atoms with Crippen molar-refractivity contribution >= 4 is 21.6 Å². The summed E-state index contributed by atoms with van der Waals surface area (Å²) in [5.74, 6) is 0.489. The van der Waals surface area contributed by atoms with Crippen molar-refractivity contribution < 1.29 is 17.9 Å². The predicted octanol–water partition coefficient (Wildman–Crippen LogP) is 2.33. The molecule has 1 aliphatic carbocycles. The van der Waals surface area contributed by atoms with Crippen molar-refractivity contribution in [1.82, 2.24) is 5.32 Å². The van der Waals surface area contributed by atoms with Gasteiger partial charge in [0.15, 0.2) is 0 Å². The van der Waals surface area contributed by atoms with E-state index >= 15 is 0 Å². The Morgan fingerprint density at radius 3 is 2.38 bits per heavy atom. The van der Waals surface area contributed by atoms with E-state index in [2.05, 4.69) is 10.0 Å². The van der Waals surface area contributed by atoms with Gasteiger partial charge in [0, 0.05) is 11.7 Å². The lowest BCUT2D eigenvalue weighted by molar-refractivity contribution is -0.120. The van der Waals surface area contributed by atoms with Gasteiger partial charge in [0.05, 0.1) is 6.42 Å². The van der Waals surface area contributed by atoms with Gasteiger partial charge in [-0.25, -0.2) is 8.42 Å². The molecule has 0 saturated heterocycles. The summed E-state index contributed by atoms with van der Waals surface area (Å²) in [6.45, 7) is 0.0682. The smallest absolute Gasteiger partial charge is 0.236 e. The zero-order valence-corrected chi connectivity index (χ0v) is 15.2. The molecular formula is C19H22N2O4S. The van der Waals surface area contributed by atoms with Crippen LogP contribution in [-0.4, -0.2) is 32.7 Å². The predicted molar refractivity (Wildman–Crippen MR) is 101 cm³/mol. The normalized spacial score (nSPS) is 13.8. The van der Waals surface area contributed by atoms with Gasteiger partial charge in [-0.2, -0.15) is 0 Å². The van der Waals surface area contributed by atoms with Gasteiger partial charge in [0.25, 0.3) is 0 Å². The summed E-state index contributed by atoms with van der Waals surface area (Å²) < 4.78 is 32.2. The lowest BCUT2D eigenvalue weighted by Gasteiger charge is -2.10. The average molecular weight is 374 g/mol. The fourth-order valence-corrected chi connectivity index (χ4v) is 3.30. The minimum atomic E-state index is -3.50. The zero-order chi connectivity index (χ0) is 18.4. The van der Waals surface area contributed by atoms with Crippen molar-refractivity contribution in [1.29, 1.82) is 0 Å². The van der Waals surface area contributed by atoms with Crippen LogP contribution in [0.5, 0.6) is 5.75 Å². The Balaban J connectivity index is 1.46. The van der Waals surface area contributed by atoms with Gasteiger partial charge in [-0.05, 0) is 42.7 Å². The van der Waals surface area contributed by atoms with Crippen LogP contribution in [0.15, 0.2) is 54.6 Å². The van der Waals surface area contributed by atoms with E-state index < -0.39 is 10.0 Å². The second-order valence-corrected chi connectivity index (χ2v) is 8.14. The summed E-state index contributed by atoms with van der Waals surface area (Å²) in [4.78, 5) is 11.8. The highest BCUT2D eigenvalue weighted by atomic mass is 32.2. The Hall–Kier alpha value is -2.54. The SMILES string of the molecule is O=C(Cc1ccc(NS(=O)(=O)CCOc2ccccc2)cc1)NC1CC1. The maximum Gasteiger partial charge on any atom is 0.236 e. The van der Waals surface area contributed by atoms with Gasteiger partial charge in [0.2, 0.25) is 15.9 Å². The highest BCUT2D eigenvalue weighted by Crippen LogP contribution is 2.19. The molecule has 2 aromatic carbocycles. The number of sulfonamides is 1. The molecule has 0 heterocycles. The maximum atomic E-state index is 12.1. The lowest BCUT2D eigenvalue weighted by Crippen LogP contribution is -2.26. The molecule has 0 bridgehead atoms. The quantitative estimate of drug-likeness (QED) is 0.705. The second kappa shape index (κ2) is 8.23. The molecule has 0 atom stereocenters. The molecule has 2 aromatic rings. The van der Waals surface area contributed by atoms with E-state index in [0.717, 1.165) is 18.4 Å².